The third-order valence-electron chi connectivity index (χ3n) is 3.55. The molecule has 3 nitrogen and oxygen atoms in total. The van der Waals surface area contributed by atoms with Crippen LogP contribution < -0.4 is 5.32 Å². The Kier molecular flexibility index (Phi) is 3.29. The first-order chi connectivity index (χ1) is 8.77. The van der Waals surface area contributed by atoms with Gasteiger partial charge in [-0.05, 0) is 31.5 Å². The van der Waals surface area contributed by atoms with E-state index in [0.29, 0.717) is 0 Å². The lowest BCUT2D eigenvalue weighted by molar-refractivity contribution is 0.0640. The van der Waals surface area contributed by atoms with Crippen LogP contribution >= 0.6 is 11.6 Å². The van der Waals surface area contributed by atoms with E-state index in [1.807, 2.05) is 12.1 Å². The molecular formula is C14H17ClN2O. The fraction of sp³-hybridized carbons (Fsp3) is 0.429. The number of rotatable bonds is 1. The third kappa shape index (κ3) is 2.03. The Labute approximate surface area is 111 Å². The van der Waals surface area contributed by atoms with Gasteiger partial charge in [0.2, 0.25) is 0 Å². The summed E-state index contributed by atoms with van der Waals surface area (Å²) >= 11 is 6.23. The number of hydrogen-bond donors (Lipinski definition) is 2. The molecule has 1 saturated heterocycles. The summed E-state index contributed by atoms with van der Waals surface area (Å²) in [6.07, 6.45) is 1.16. The molecule has 1 atom stereocenters. The monoisotopic (exact) mass is 264 g/mol. The summed E-state index contributed by atoms with van der Waals surface area (Å²) < 4.78 is 5.90. The minimum absolute atomic E-state index is 0.0935. The Morgan fingerprint density at radius 1 is 1.39 bits per heavy atom. The average Bonchev–Trinajstić information content (AvgIpc) is 2.57. The number of aryl methyl sites for hydroxylation is 1. The molecule has 2 heterocycles. The number of aromatic amines is 1. The van der Waals surface area contributed by atoms with Gasteiger partial charge >= 0.3 is 0 Å². The Morgan fingerprint density at radius 2 is 2.28 bits per heavy atom. The van der Waals surface area contributed by atoms with Gasteiger partial charge in [-0.2, -0.15) is 0 Å². The number of hydrogen-bond acceptors (Lipinski definition) is 2. The largest absolute Gasteiger partial charge is 0.371 e. The molecule has 18 heavy (non-hydrogen) atoms. The predicted octanol–water partition coefficient (Wildman–Crippen LogP) is 3.18. The molecule has 1 aromatic heterocycles. The highest BCUT2D eigenvalue weighted by molar-refractivity contribution is 6.35. The second-order valence-corrected chi connectivity index (χ2v) is 5.15. The maximum Gasteiger partial charge on any atom is 0.110 e. The van der Waals surface area contributed by atoms with Crippen molar-refractivity contribution >= 4 is 22.5 Å². The van der Waals surface area contributed by atoms with Crippen LogP contribution in [0.5, 0.6) is 0 Å². The van der Waals surface area contributed by atoms with E-state index in [1.165, 1.54) is 10.9 Å². The number of aromatic nitrogens is 1. The fourth-order valence-electron chi connectivity index (χ4n) is 2.56. The molecule has 1 unspecified atom stereocenters. The third-order valence-corrected chi connectivity index (χ3v) is 3.86. The van der Waals surface area contributed by atoms with Crippen molar-refractivity contribution in [3.05, 3.63) is 34.5 Å². The molecule has 1 aromatic carbocycles. The summed E-state index contributed by atoms with van der Waals surface area (Å²) in [5.41, 5.74) is 3.40. The van der Waals surface area contributed by atoms with Crippen LogP contribution in [0.15, 0.2) is 18.2 Å². The van der Waals surface area contributed by atoms with E-state index in [2.05, 4.69) is 23.3 Å². The van der Waals surface area contributed by atoms with Crippen LogP contribution in [0.25, 0.3) is 10.9 Å². The zero-order valence-corrected chi connectivity index (χ0v) is 11.2. The lowest BCUT2D eigenvalue weighted by Gasteiger charge is -2.14. The molecule has 1 aliphatic rings. The predicted molar refractivity (Wildman–Crippen MR) is 74.2 cm³/mol. The molecular weight excluding hydrogens is 248 g/mol. The molecule has 1 fully saturated rings. The average molecular weight is 265 g/mol. The number of para-hydroxylation sites is 1. The van der Waals surface area contributed by atoms with E-state index in [-0.39, 0.29) is 6.10 Å². The highest BCUT2D eigenvalue weighted by Gasteiger charge is 2.20. The van der Waals surface area contributed by atoms with Gasteiger partial charge in [-0.15, -0.1) is 0 Å². The lowest BCUT2D eigenvalue weighted by Crippen LogP contribution is -2.20. The smallest absolute Gasteiger partial charge is 0.110 e. The quantitative estimate of drug-likeness (QED) is 0.830. The summed E-state index contributed by atoms with van der Waals surface area (Å²) in [5.74, 6) is 0. The van der Waals surface area contributed by atoms with Crippen LogP contribution in [0.1, 0.15) is 23.8 Å². The first-order valence-corrected chi connectivity index (χ1v) is 6.74. The number of ether oxygens (including phenoxy) is 1. The summed E-state index contributed by atoms with van der Waals surface area (Å²) in [4.78, 5) is 3.43. The van der Waals surface area contributed by atoms with Crippen molar-refractivity contribution in [2.24, 2.45) is 0 Å². The Hall–Kier alpha value is -1.03. The van der Waals surface area contributed by atoms with E-state index >= 15 is 0 Å². The molecule has 0 spiro atoms. The van der Waals surface area contributed by atoms with Crippen LogP contribution in [-0.2, 0) is 4.74 Å². The number of benzene rings is 1. The summed E-state index contributed by atoms with van der Waals surface area (Å²) in [7, 11) is 0. The molecule has 4 heteroatoms. The molecule has 0 aliphatic carbocycles. The second-order valence-electron chi connectivity index (χ2n) is 4.74. The lowest BCUT2D eigenvalue weighted by atomic mass is 10.1. The van der Waals surface area contributed by atoms with E-state index in [9.17, 15) is 0 Å². The zero-order chi connectivity index (χ0) is 12.5. The van der Waals surface area contributed by atoms with Gasteiger partial charge in [0.15, 0.2) is 0 Å². The van der Waals surface area contributed by atoms with Crippen molar-refractivity contribution in [1.82, 2.24) is 10.3 Å². The zero-order valence-electron chi connectivity index (χ0n) is 10.4. The highest BCUT2D eigenvalue weighted by Crippen LogP contribution is 2.31. The summed E-state index contributed by atoms with van der Waals surface area (Å²) in [6, 6.07) is 6.00. The van der Waals surface area contributed by atoms with Crippen molar-refractivity contribution in [2.75, 3.05) is 19.7 Å². The first-order valence-electron chi connectivity index (χ1n) is 6.36. The minimum atomic E-state index is 0.0935. The van der Waals surface area contributed by atoms with Crippen molar-refractivity contribution < 1.29 is 4.74 Å². The Bertz CT molecular complexity index is 556. The van der Waals surface area contributed by atoms with Crippen molar-refractivity contribution in [3.63, 3.8) is 0 Å². The maximum atomic E-state index is 6.23. The molecule has 3 rings (SSSR count). The summed E-state index contributed by atoms with van der Waals surface area (Å²) in [5, 5.41) is 5.36. The Morgan fingerprint density at radius 3 is 3.11 bits per heavy atom. The molecule has 1 aliphatic heterocycles. The molecule has 2 N–H and O–H groups in total. The molecule has 96 valence electrons. The molecule has 0 radical (unpaired) electrons. The van der Waals surface area contributed by atoms with Crippen molar-refractivity contribution in [1.29, 1.82) is 0 Å². The maximum absolute atomic E-state index is 6.23. The molecule has 2 aromatic rings. The van der Waals surface area contributed by atoms with Crippen molar-refractivity contribution in [2.45, 2.75) is 19.4 Å². The van der Waals surface area contributed by atoms with Gasteiger partial charge in [0.05, 0.1) is 10.5 Å². The van der Waals surface area contributed by atoms with Crippen LogP contribution in [0, 0.1) is 6.92 Å². The fourth-order valence-corrected chi connectivity index (χ4v) is 2.78. The van der Waals surface area contributed by atoms with E-state index in [1.54, 1.807) is 0 Å². The molecule has 0 amide bonds. The Balaban J connectivity index is 2.06. The standard InChI is InChI=1S/C14H17ClN2O/c1-9-10-4-2-5-11(15)14(10)17-13(9)12-8-16-6-3-7-18-12/h2,4-5,12,16-17H,3,6-8H2,1H3. The van der Waals surface area contributed by atoms with Crippen LogP contribution in [-0.4, -0.2) is 24.7 Å². The molecule has 0 saturated carbocycles. The number of halogens is 1. The van der Waals surface area contributed by atoms with Gasteiger partial charge in [0.25, 0.3) is 0 Å². The first kappa shape index (κ1) is 12.0. The van der Waals surface area contributed by atoms with Gasteiger partial charge in [0.1, 0.15) is 6.10 Å². The van der Waals surface area contributed by atoms with Gasteiger partial charge < -0.3 is 15.0 Å². The number of H-pyrrole nitrogens is 1. The number of fused-ring (bicyclic) bond motifs is 1. The van der Waals surface area contributed by atoms with Crippen LogP contribution in [0.4, 0.5) is 0 Å². The van der Waals surface area contributed by atoms with Crippen LogP contribution in [0.3, 0.4) is 0 Å². The molecule has 0 bridgehead atoms. The van der Waals surface area contributed by atoms with Gasteiger partial charge in [-0.25, -0.2) is 0 Å². The van der Waals surface area contributed by atoms with Crippen LogP contribution in [0.2, 0.25) is 5.02 Å². The normalized spacial score (nSPS) is 21.1. The van der Waals surface area contributed by atoms with E-state index in [0.717, 1.165) is 42.4 Å². The van der Waals surface area contributed by atoms with E-state index in [4.69, 9.17) is 16.3 Å². The summed E-state index contributed by atoms with van der Waals surface area (Å²) in [6.45, 7) is 4.81. The topological polar surface area (TPSA) is 37.0 Å². The highest BCUT2D eigenvalue weighted by atomic mass is 35.5. The van der Waals surface area contributed by atoms with Gasteiger partial charge in [0, 0.05) is 24.2 Å². The SMILES string of the molecule is Cc1c(C2CNCCCO2)[nH]c2c(Cl)cccc12. The second kappa shape index (κ2) is 4.92. The van der Waals surface area contributed by atoms with Gasteiger partial charge in [-0.3, -0.25) is 0 Å². The number of nitrogens with one attached hydrogen (secondary N) is 2. The van der Waals surface area contributed by atoms with Gasteiger partial charge in [-0.1, -0.05) is 23.7 Å². The van der Waals surface area contributed by atoms with Crippen molar-refractivity contribution in [3.8, 4) is 0 Å². The minimum Gasteiger partial charge on any atom is -0.371 e. The van der Waals surface area contributed by atoms with E-state index < -0.39 is 0 Å².